The van der Waals surface area contributed by atoms with Crippen LogP contribution >= 0.6 is 0 Å². The molecule has 0 aromatic carbocycles. The number of hydrogen-bond donors (Lipinski definition) is 1. The highest BCUT2D eigenvalue weighted by molar-refractivity contribution is 4.90. The van der Waals surface area contributed by atoms with E-state index in [0.29, 0.717) is 6.61 Å². The molecule has 0 aliphatic rings. The lowest BCUT2D eigenvalue weighted by Crippen LogP contribution is -2.16. The molecule has 0 saturated heterocycles. The van der Waals surface area contributed by atoms with Crippen LogP contribution in [0.4, 0.5) is 0 Å². The largest absolute Gasteiger partial charge is 0.391 e. The van der Waals surface area contributed by atoms with Gasteiger partial charge in [0.15, 0.2) is 0 Å². The van der Waals surface area contributed by atoms with E-state index < -0.39 is 0 Å². The van der Waals surface area contributed by atoms with Crippen LogP contribution in [0.1, 0.15) is 6.42 Å². The van der Waals surface area contributed by atoms with Gasteiger partial charge in [0.1, 0.15) is 0 Å². The van der Waals surface area contributed by atoms with Gasteiger partial charge in [-0.2, -0.15) is 0 Å². The third kappa shape index (κ3) is 3.07. The first kappa shape index (κ1) is 9.29. The van der Waals surface area contributed by atoms with Gasteiger partial charge in [-0.05, 0) is 18.6 Å². The van der Waals surface area contributed by atoms with Gasteiger partial charge in [-0.1, -0.05) is 0 Å². The number of rotatable bonds is 5. The maximum absolute atomic E-state index is 9.31. The lowest BCUT2D eigenvalue weighted by Gasteiger charge is -2.09. The minimum absolute atomic E-state index is 0.350. The number of nitrogens with zero attached hydrogens (tertiary/aromatic N) is 1. The van der Waals surface area contributed by atoms with Crippen LogP contribution in [-0.4, -0.2) is 29.5 Å². The van der Waals surface area contributed by atoms with Crippen molar-refractivity contribution >= 4 is 0 Å². The number of aliphatic hydroxyl groups is 1. The first-order chi connectivity index (χ1) is 5.83. The van der Waals surface area contributed by atoms with Crippen molar-refractivity contribution in [3.05, 3.63) is 24.5 Å². The second kappa shape index (κ2) is 4.95. The fourth-order valence-electron chi connectivity index (χ4n) is 1.09. The summed E-state index contributed by atoms with van der Waals surface area (Å²) in [5, 5.41) is 9.31. The number of hydrogen-bond acceptors (Lipinski definition) is 2. The summed E-state index contributed by atoms with van der Waals surface area (Å²) in [6, 6.07) is 3.95. The van der Waals surface area contributed by atoms with Crippen LogP contribution < -0.4 is 0 Å². The fourth-order valence-corrected chi connectivity index (χ4v) is 1.09. The molecule has 0 aliphatic carbocycles. The first-order valence-corrected chi connectivity index (χ1v) is 4.10. The van der Waals surface area contributed by atoms with Crippen LogP contribution in [0.25, 0.3) is 0 Å². The van der Waals surface area contributed by atoms with Crippen molar-refractivity contribution in [2.45, 2.75) is 19.1 Å². The minimum atomic E-state index is -0.350. The average molecular weight is 169 g/mol. The molecule has 1 aromatic rings. The second-order valence-electron chi connectivity index (χ2n) is 2.82. The number of aliphatic hydroxyl groups excluding tert-OH is 1. The van der Waals surface area contributed by atoms with Crippen LogP contribution in [0.15, 0.2) is 24.5 Å². The molecule has 0 fully saturated rings. The van der Waals surface area contributed by atoms with Crippen LogP contribution in [-0.2, 0) is 11.3 Å². The standard InChI is InChI=1S/C9H15NO2/c1-12-8-9(11)4-7-10-5-2-3-6-10/h2-3,5-6,9,11H,4,7-8H2,1H3. The summed E-state index contributed by atoms with van der Waals surface area (Å²) in [5.74, 6) is 0. The minimum Gasteiger partial charge on any atom is -0.391 e. The van der Waals surface area contributed by atoms with Crippen molar-refractivity contribution in [1.82, 2.24) is 4.57 Å². The van der Waals surface area contributed by atoms with E-state index in [1.165, 1.54) is 0 Å². The molecule has 1 aromatic heterocycles. The number of ether oxygens (including phenoxy) is 1. The summed E-state index contributed by atoms with van der Waals surface area (Å²) in [7, 11) is 1.60. The summed E-state index contributed by atoms with van der Waals surface area (Å²) >= 11 is 0. The predicted molar refractivity (Wildman–Crippen MR) is 46.9 cm³/mol. The van der Waals surface area contributed by atoms with Crippen molar-refractivity contribution in [2.24, 2.45) is 0 Å². The van der Waals surface area contributed by atoms with Gasteiger partial charge in [0.05, 0.1) is 12.7 Å². The van der Waals surface area contributed by atoms with Crippen LogP contribution in [0.2, 0.25) is 0 Å². The van der Waals surface area contributed by atoms with E-state index in [0.717, 1.165) is 13.0 Å². The van der Waals surface area contributed by atoms with E-state index in [1.807, 2.05) is 29.1 Å². The zero-order chi connectivity index (χ0) is 8.81. The zero-order valence-electron chi connectivity index (χ0n) is 7.31. The van der Waals surface area contributed by atoms with Gasteiger partial charge in [-0.25, -0.2) is 0 Å². The van der Waals surface area contributed by atoms with Crippen LogP contribution in [0.5, 0.6) is 0 Å². The molecular weight excluding hydrogens is 154 g/mol. The molecule has 1 heterocycles. The van der Waals surface area contributed by atoms with Crippen LogP contribution in [0, 0.1) is 0 Å². The van der Waals surface area contributed by atoms with Gasteiger partial charge in [-0.3, -0.25) is 0 Å². The Morgan fingerprint density at radius 2 is 2.08 bits per heavy atom. The SMILES string of the molecule is COCC(O)CCn1cccc1. The molecule has 1 unspecified atom stereocenters. The molecular formula is C9H15NO2. The van der Waals surface area contributed by atoms with Crippen molar-refractivity contribution in [1.29, 1.82) is 0 Å². The number of aromatic nitrogens is 1. The molecule has 1 N–H and O–H groups in total. The molecule has 0 saturated carbocycles. The topological polar surface area (TPSA) is 34.4 Å². The maximum atomic E-state index is 9.31. The zero-order valence-corrected chi connectivity index (χ0v) is 7.31. The first-order valence-electron chi connectivity index (χ1n) is 4.10. The van der Waals surface area contributed by atoms with Gasteiger partial charge in [0.25, 0.3) is 0 Å². The van der Waals surface area contributed by atoms with Crippen molar-refractivity contribution in [3.8, 4) is 0 Å². The summed E-state index contributed by atoms with van der Waals surface area (Å²) in [6.07, 6.45) is 4.36. The van der Waals surface area contributed by atoms with Gasteiger partial charge >= 0.3 is 0 Å². The van der Waals surface area contributed by atoms with E-state index in [9.17, 15) is 5.11 Å². The molecule has 0 spiro atoms. The van der Waals surface area contributed by atoms with Gasteiger partial charge in [0.2, 0.25) is 0 Å². The quantitative estimate of drug-likeness (QED) is 0.710. The molecule has 1 rings (SSSR count). The monoisotopic (exact) mass is 169 g/mol. The van der Waals surface area contributed by atoms with E-state index in [1.54, 1.807) is 7.11 Å². The molecule has 1 atom stereocenters. The van der Waals surface area contributed by atoms with Gasteiger partial charge in [0, 0.05) is 26.0 Å². The third-order valence-corrected chi connectivity index (χ3v) is 1.75. The third-order valence-electron chi connectivity index (χ3n) is 1.75. The molecule has 3 nitrogen and oxygen atoms in total. The molecule has 0 bridgehead atoms. The lowest BCUT2D eigenvalue weighted by molar-refractivity contribution is 0.0565. The highest BCUT2D eigenvalue weighted by Crippen LogP contribution is 1.97. The molecule has 0 amide bonds. The second-order valence-corrected chi connectivity index (χ2v) is 2.82. The van der Waals surface area contributed by atoms with E-state index >= 15 is 0 Å². The molecule has 0 radical (unpaired) electrons. The smallest absolute Gasteiger partial charge is 0.0790 e. The molecule has 0 aliphatic heterocycles. The number of methoxy groups -OCH3 is 1. The summed E-state index contributed by atoms with van der Waals surface area (Å²) in [6.45, 7) is 1.26. The molecule has 12 heavy (non-hydrogen) atoms. The Balaban J connectivity index is 2.17. The highest BCUT2D eigenvalue weighted by Gasteiger charge is 2.02. The Labute approximate surface area is 72.6 Å². The summed E-state index contributed by atoms with van der Waals surface area (Å²) in [5.41, 5.74) is 0. The Hall–Kier alpha value is -0.800. The van der Waals surface area contributed by atoms with E-state index in [4.69, 9.17) is 4.74 Å². The van der Waals surface area contributed by atoms with Crippen LogP contribution in [0.3, 0.4) is 0 Å². The Kier molecular flexibility index (Phi) is 3.84. The Morgan fingerprint density at radius 3 is 2.67 bits per heavy atom. The molecule has 68 valence electrons. The summed E-state index contributed by atoms with van der Waals surface area (Å²) in [4.78, 5) is 0. The van der Waals surface area contributed by atoms with Crippen molar-refractivity contribution in [3.63, 3.8) is 0 Å². The van der Waals surface area contributed by atoms with E-state index in [-0.39, 0.29) is 6.10 Å². The van der Waals surface area contributed by atoms with E-state index in [2.05, 4.69) is 0 Å². The molecule has 3 heteroatoms. The predicted octanol–water partition coefficient (Wildman–Crippen LogP) is 0.886. The van der Waals surface area contributed by atoms with Crippen molar-refractivity contribution in [2.75, 3.05) is 13.7 Å². The average Bonchev–Trinajstić information content (AvgIpc) is 2.53. The van der Waals surface area contributed by atoms with Gasteiger partial charge < -0.3 is 14.4 Å². The number of aryl methyl sites for hydroxylation is 1. The Bertz CT molecular complexity index is 196. The Morgan fingerprint density at radius 1 is 1.42 bits per heavy atom. The fraction of sp³-hybridized carbons (Fsp3) is 0.556. The highest BCUT2D eigenvalue weighted by atomic mass is 16.5. The van der Waals surface area contributed by atoms with Gasteiger partial charge in [-0.15, -0.1) is 0 Å². The van der Waals surface area contributed by atoms with Crippen molar-refractivity contribution < 1.29 is 9.84 Å². The maximum Gasteiger partial charge on any atom is 0.0790 e. The lowest BCUT2D eigenvalue weighted by atomic mass is 10.3. The summed E-state index contributed by atoms with van der Waals surface area (Å²) < 4.78 is 6.85. The normalized spacial score (nSPS) is 13.2.